The van der Waals surface area contributed by atoms with Gasteiger partial charge in [-0.3, -0.25) is 14.8 Å². The SMILES string of the molecule is CCN(CC)C(CCCNC(=O)c1ccccc1)CCC(=O)NO. The standard InChI is InChI=1S/C18H29N3O3/c1-3-21(4-2)16(12-13-17(22)20-24)11-8-14-19-18(23)15-9-6-5-7-10-15/h5-7,9-10,16,24H,3-4,8,11-14H2,1-2H3,(H,19,23)(H,20,22). The predicted octanol–water partition coefficient (Wildman–Crippen LogP) is 2.19. The number of carbonyl (C=O) groups excluding carboxylic acids is 2. The van der Waals surface area contributed by atoms with E-state index in [1.165, 1.54) is 0 Å². The van der Waals surface area contributed by atoms with Crippen LogP contribution in [0.2, 0.25) is 0 Å². The van der Waals surface area contributed by atoms with Gasteiger partial charge in [0.25, 0.3) is 5.91 Å². The molecule has 0 fully saturated rings. The van der Waals surface area contributed by atoms with Gasteiger partial charge in [0, 0.05) is 24.6 Å². The van der Waals surface area contributed by atoms with Crippen LogP contribution in [-0.4, -0.2) is 47.6 Å². The molecule has 134 valence electrons. The zero-order valence-corrected chi connectivity index (χ0v) is 14.6. The Labute approximate surface area is 144 Å². The van der Waals surface area contributed by atoms with Crippen LogP contribution in [0.5, 0.6) is 0 Å². The van der Waals surface area contributed by atoms with Gasteiger partial charge in [-0.25, -0.2) is 5.48 Å². The summed E-state index contributed by atoms with van der Waals surface area (Å²) in [5.74, 6) is -0.417. The number of nitrogens with zero attached hydrogens (tertiary/aromatic N) is 1. The third-order valence-corrected chi connectivity index (χ3v) is 4.19. The van der Waals surface area contributed by atoms with Gasteiger partial charge in [-0.05, 0) is 44.5 Å². The highest BCUT2D eigenvalue weighted by molar-refractivity contribution is 5.94. The molecular formula is C18H29N3O3. The number of rotatable bonds is 11. The van der Waals surface area contributed by atoms with Gasteiger partial charge >= 0.3 is 0 Å². The largest absolute Gasteiger partial charge is 0.352 e. The molecule has 24 heavy (non-hydrogen) atoms. The second-order valence-electron chi connectivity index (χ2n) is 5.71. The van der Waals surface area contributed by atoms with Crippen LogP contribution in [0.1, 0.15) is 49.9 Å². The normalized spacial score (nSPS) is 12.0. The van der Waals surface area contributed by atoms with Gasteiger partial charge in [0.05, 0.1) is 0 Å². The monoisotopic (exact) mass is 335 g/mol. The van der Waals surface area contributed by atoms with Crippen molar-refractivity contribution in [3.63, 3.8) is 0 Å². The number of benzene rings is 1. The van der Waals surface area contributed by atoms with Crippen LogP contribution in [0.15, 0.2) is 30.3 Å². The van der Waals surface area contributed by atoms with E-state index in [1.807, 2.05) is 18.2 Å². The summed E-state index contributed by atoms with van der Waals surface area (Å²) >= 11 is 0. The van der Waals surface area contributed by atoms with Crippen LogP contribution >= 0.6 is 0 Å². The van der Waals surface area contributed by atoms with Gasteiger partial charge in [0.2, 0.25) is 5.91 Å². The lowest BCUT2D eigenvalue weighted by Gasteiger charge is -2.29. The highest BCUT2D eigenvalue weighted by atomic mass is 16.5. The maximum absolute atomic E-state index is 12.0. The molecule has 1 atom stereocenters. The van der Waals surface area contributed by atoms with E-state index in [-0.39, 0.29) is 17.9 Å². The molecule has 0 aliphatic rings. The van der Waals surface area contributed by atoms with Crippen molar-refractivity contribution in [3.05, 3.63) is 35.9 Å². The van der Waals surface area contributed by atoms with Crippen LogP contribution in [0.4, 0.5) is 0 Å². The minimum absolute atomic E-state index is 0.0605. The molecule has 0 aliphatic heterocycles. The lowest BCUT2D eigenvalue weighted by atomic mass is 10.0. The number of carbonyl (C=O) groups is 2. The molecule has 6 nitrogen and oxygen atoms in total. The first-order chi connectivity index (χ1) is 11.6. The molecule has 0 spiro atoms. The molecule has 1 unspecified atom stereocenters. The average Bonchev–Trinajstić information content (AvgIpc) is 2.63. The summed E-state index contributed by atoms with van der Waals surface area (Å²) in [6.45, 7) is 6.63. The third kappa shape index (κ3) is 7.10. The molecule has 0 saturated heterocycles. The molecule has 2 amide bonds. The zero-order valence-electron chi connectivity index (χ0n) is 14.6. The van der Waals surface area contributed by atoms with E-state index >= 15 is 0 Å². The zero-order chi connectivity index (χ0) is 17.8. The lowest BCUT2D eigenvalue weighted by molar-refractivity contribution is -0.129. The molecule has 1 aromatic rings. The van der Waals surface area contributed by atoms with Crippen molar-refractivity contribution in [2.75, 3.05) is 19.6 Å². The Bertz CT molecular complexity index is 490. The Kier molecular flexibility index (Phi) is 9.72. The topological polar surface area (TPSA) is 81.7 Å². The van der Waals surface area contributed by atoms with Crippen LogP contribution < -0.4 is 10.8 Å². The van der Waals surface area contributed by atoms with E-state index in [4.69, 9.17) is 5.21 Å². The van der Waals surface area contributed by atoms with E-state index < -0.39 is 0 Å². The summed E-state index contributed by atoms with van der Waals surface area (Å²) in [5, 5.41) is 11.6. The lowest BCUT2D eigenvalue weighted by Crippen LogP contribution is -2.37. The number of hydrogen-bond acceptors (Lipinski definition) is 4. The van der Waals surface area contributed by atoms with Gasteiger partial charge in [-0.1, -0.05) is 32.0 Å². The van der Waals surface area contributed by atoms with Crippen molar-refractivity contribution in [1.29, 1.82) is 0 Å². The Morgan fingerprint density at radius 3 is 2.38 bits per heavy atom. The van der Waals surface area contributed by atoms with Gasteiger partial charge in [-0.2, -0.15) is 0 Å². The second-order valence-corrected chi connectivity index (χ2v) is 5.71. The molecule has 1 rings (SSSR count). The fraction of sp³-hybridized carbons (Fsp3) is 0.556. The van der Waals surface area contributed by atoms with E-state index in [0.29, 0.717) is 24.9 Å². The van der Waals surface area contributed by atoms with E-state index in [2.05, 4.69) is 24.1 Å². The average molecular weight is 335 g/mol. The highest BCUT2D eigenvalue weighted by Gasteiger charge is 2.17. The minimum Gasteiger partial charge on any atom is -0.352 e. The number of hydroxylamine groups is 1. The number of hydrogen-bond donors (Lipinski definition) is 3. The van der Waals surface area contributed by atoms with E-state index in [1.54, 1.807) is 17.6 Å². The van der Waals surface area contributed by atoms with Crippen molar-refractivity contribution in [2.24, 2.45) is 0 Å². The van der Waals surface area contributed by atoms with Crippen molar-refractivity contribution in [2.45, 2.75) is 45.6 Å². The summed E-state index contributed by atoms with van der Waals surface area (Å²) in [6.07, 6.45) is 2.74. The summed E-state index contributed by atoms with van der Waals surface area (Å²) in [6, 6.07) is 9.43. The Morgan fingerprint density at radius 1 is 1.12 bits per heavy atom. The van der Waals surface area contributed by atoms with Crippen molar-refractivity contribution < 1.29 is 14.8 Å². The number of nitrogens with one attached hydrogen (secondary N) is 2. The van der Waals surface area contributed by atoms with Crippen molar-refractivity contribution in [1.82, 2.24) is 15.7 Å². The first kappa shape index (κ1) is 20.1. The molecular weight excluding hydrogens is 306 g/mol. The van der Waals surface area contributed by atoms with Gasteiger partial charge in [-0.15, -0.1) is 0 Å². The third-order valence-electron chi connectivity index (χ3n) is 4.19. The van der Waals surface area contributed by atoms with Crippen molar-refractivity contribution >= 4 is 11.8 Å². The fourth-order valence-electron chi connectivity index (χ4n) is 2.83. The summed E-state index contributed by atoms with van der Waals surface area (Å²) < 4.78 is 0. The maximum Gasteiger partial charge on any atom is 0.251 e. The molecule has 0 aliphatic carbocycles. The molecule has 1 aromatic carbocycles. The summed E-state index contributed by atoms with van der Waals surface area (Å²) in [5.41, 5.74) is 2.35. The van der Waals surface area contributed by atoms with Crippen LogP contribution in [0, 0.1) is 0 Å². The molecule has 0 radical (unpaired) electrons. The molecule has 6 heteroatoms. The Balaban J connectivity index is 2.40. The Hall–Kier alpha value is -1.92. The van der Waals surface area contributed by atoms with Crippen LogP contribution in [0.25, 0.3) is 0 Å². The van der Waals surface area contributed by atoms with Gasteiger partial charge in [0.1, 0.15) is 0 Å². The van der Waals surface area contributed by atoms with E-state index in [9.17, 15) is 9.59 Å². The second kappa shape index (κ2) is 11.6. The molecule has 0 heterocycles. The number of amides is 2. The van der Waals surface area contributed by atoms with E-state index in [0.717, 1.165) is 25.9 Å². The molecule has 0 aromatic heterocycles. The maximum atomic E-state index is 12.0. The molecule has 0 saturated carbocycles. The van der Waals surface area contributed by atoms with Crippen molar-refractivity contribution in [3.8, 4) is 0 Å². The smallest absolute Gasteiger partial charge is 0.251 e. The molecule has 0 bridgehead atoms. The van der Waals surface area contributed by atoms with Crippen LogP contribution in [-0.2, 0) is 4.79 Å². The van der Waals surface area contributed by atoms with Gasteiger partial charge in [0.15, 0.2) is 0 Å². The quantitative estimate of drug-likeness (QED) is 0.329. The fourth-order valence-corrected chi connectivity index (χ4v) is 2.83. The first-order valence-electron chi connectivity index (χ1n) is 8.62. The first-order valence-corrected chi connectivity index (χ1v) is 8.62. The highest BCUT2D eigenvalue weighted by Crippen LogP contribution is 2.13. The predicted molar refractivity (Wildman–Crippen MR) is 93.9 cm³/mol. The Morgan fingerprint density at radius 2 is 1.79 bits per heavy atom. The van der Waals surface area contributed by atoms with Crippen LogP contribution in [0.3, 0.4) is 0 Å². The summed E-state index contributed by atoms with van der Waals surface area (Å²) in [4.78, 5) is 25.6. The molecule has 3 N–H and O–H groups in total. The summed E-state index contributed by atoms with van der Waals surface area (Å²) in [7, 11) is 0. The minimum atomic E-state index is -0.357. The van der Waals surface area contributed by atoms with Gasteiger partial charge < -0.3 is 10.2 Å².